The smallest absolute Gasteiger partial charge is 0.436 e. The number of carbonyl (C=O) groups is 2. The number of benzene rings is 1. The van der Waals surface area contributed by atoms with Gasteiger partial charge in [0.1, 0.15) is 11.4 Å². The zero-order valence-electron chi connectivity index (χ0n) is 16.0. The molecule has 2 aromatic rings. The molecule has 0 radical (unpaired) electrons. The van der Waals surface area contributed by atoms with Crippen molar-refractivity contribution in [2.24, 2.45) is 0 Å². The summed E-state index contributed by atoms with van der Waals surface area (Å²) in [6, 6.07) is 5.17. The highest BCUT2D eigenvalue weighted by molar-refractivity contribution is 6.01. The van der Waals surface area contributed by atoms with Gasteiger partial charge < -0.3 is 15.3 Å². The van der Waals surface area contributed by atoms with E-state index in [-0.39, 0.29) is 17.9 Å². The lowest BCUT2D eigenvalue weighted by molar-refractivity contribution is -0.141. The Labute approximate surface area is 165 Å². The molecule has 0 spiro atoms. The Kier molecular flexibility index (Phi) is 5.54. The predicted octanol–water partition coefficient (Wildman–Crippen LogP) is 3.32. The van der Waals surface area contributed by atoms with E-state index in [1.165, 1.54) is 28.9 Å². The van der Waals surface area contributed by atoms with Crippen LogP contribution in [0, 0.1) is 0 Å². The fourth-order valence-electron chi connectivity index (χ4n) is 3.41. The first-order valence-electron chi connectivity index (χ1n) is 9.20. The number of fused-ring (bicyclic) bond motifs is 1. The summed E-state index contributed by atoms with van der Waals surface area (Å²) in [6.07, 6.45) is -4.03. The number of nitrogens with one attached hydrogen (secondary N) is 1. The van der Waals surface area contributed by atoms with Crippen LogP contribution >= 0.6 is 0 Å². The van der Waals surface area contributed by atoms with Gasteiger partial charge in [0.15, 0.2) is 5.69 Å². The molecule has 1 aliphatic rings. The van der Waals surface area contributed by atoms with E-state index < -0.39 is 35.4 Å². The van der Waals surface area contributed by atoms with Crippen molar-refractivity contribution in [1.82, 2.24) is 15.1 Å². The van der Waals surface area contributed by atoms with Crippen molar-refractivity contribution in [3.63, 3.8) is 0 Å². The van der Waals surface area contributed by atoms with Crippen LogP contribution in [0.1, 0.15) is 58.3 Å². The Morgan fingerprint density at radius 3 is 2.45 bits per heavy atom. The number of rotatable bonds is 6. The molecule has 1 aromatic carbocycles. The lowest BCUT2D eigenvalue weighted by Crippen LogP contribution is -2.31. The van der Waals surface area contributed by atoms with Crippen LogP contribution in [-0.4, -0.2) is 39.9 Å². The van der Waals surface area contributed by atoms with Gasteiger partial charge in [-0.1, -0.05) is 19.1 Å². The first-order chi connectivity index (χ1) is 13.6. The molecule has 0 aliphatic carbocycles. The van der Waals surface area contributed by atoms with Gasteiger partial charge >= 0.3 is 12.1 Å². The summed E-state index contributed by atoms with van der Waals surface area (Å²) in [5.74, 6) is -1.77. The second-order valence-corrected chi connectivity index (χ2v) is 6.88. The molecule has 0 fully saturated rings. The number of alkyl halides is 3. The maximum absolute atomic E-state index is 13.5. The number of carbonyl (C=O) groups excluding carboxylic acids is 1. The normalized spacial score (nSPS) is 14.6. The Morgan fingerprint density at radius 1 is 1.24 bits per heavy atom. The van der Waals surface area contributed by atoms with Gasteiger partial charge in [-0.05, 0) is 31.0 Å². The summed E-state index contributed by atoms with van der Waals surface area (Å²) in [7, 11) is 0. The van der Waals surface area contributed by atoms with E-state index in [4.69, 9.17) is 5.11 Å². The average molecular weight is 410 g/mol. The summed E-state index contributed by atoms with van der Waals surface area (Å²) in [5, 5.41) is 15.2. The minimum atomic E-state index is -4.76. The molecule has 29 heavy (non-hydrogen) atoms. The number of hydrogen-bond acceptors (Lipinski definition) is 4. The van der Waals surface area contributed by atoms with E-state index in [0.717, 1.165) is 6.42 Å². The van der Waals surface area contributed by atoms with Crippen molar-refractivity contribution in [3.8, 4) is 0 Å². The summed E-state index contributed by atoms with van der Waals surface area (Å²) in [4.78, 5) is 25.5. The van der Waals surface area contributed by atoms with Gasteiger partial charge in [-0.15, -0.1) is 0 Å². The predicted molar refractivity (Wildman–Crippen MR) is 99.0 cm³/mol. The number of hydrogen-bond donors (Lipinski definition) is 2. The van der Waals surface area contributed by atoms with Crippen molar-refractivity contribution in [2.45, 2.75) is 39.0 Å². The van der Waals surface area contributed by atoms with Crippen LogP contribution in [-0.2, 0) is 12.7 Å². The molecule has 7 nitrogen and oxygen atoms in total. The number of aromatic carboxylic acids is 1. The number of nitrogens with zero attached hydrogens (tertiary/aromatic N) is 3. The molecule has 2 N–H and O–H groups in total. The third kappa shape index (κ3) is 4.06. The van der Waals surface area contributed by atoms with Gasteiger partial charge in [0.25, 0.3) is 5.91 Å². The summed E-state index contributed by atoms with van der Waals surface area (Å²) in [5.41, 5.74) is -1.01. The van der Waals surface area contributed by atoms with E-state index >= 15 is 0 Å². The first-order valence-corrected chi connectivity index (χ1v) is 9.20. The molecular weight excluding hydrogens is 389 g/mol. The Hall–Kier alpha value is -3.04. The summed E-state index contributed by atoms with van der Waals surface area (Å²) < 4.78 is 41.8. The third-order valence-corrected chi connectivity index (χ3v) is 4.80. The molecule has 1 aliphatic heterocycles. The highest BCUT2D eigenvalue weighted by Crippen LogP contribution is 2.38. The van der Waals surface area contributed by atoms with Crippen molar-refractivity contribution < 1.29 is 27.9 Å². The van der Waals surface area contributed by atoms with Crippen LogP contribution in [0.4, 0.5) is 19.0 Å². The maximum Gasteiger partial charge on any atom is 0.436 e. The standard InChI is InChI=1S/C19H21F3N4O3/c1-3-8-25-9-10-26-17(25)14(15(24-26)19(20,21)22)16(27)23-11(2)12-4-6-13(7-5-12)18(28)29/h4-7,11H,3,8-10H2,1-2H3,(H,23,27)(H,28,29)/t11-/m0/s1. The fourth-order valence-corrected chi connectivity index (χ4v) is 3.41. The van der Waals surface area contributed by atoms with Crippen LogP contribution in [0.15, 0.2) is 24.3 Å². The largest absolute Gasteiger partial charge is 0.478 e. The molecule has 1 amide bonds. The highest BCUT2D eigenvalue weighted by atomic mass is 19.4. The van der Waals surface area contributed by atoms with E-state index in [1.54, 1.807) is 11.8 Å². The van der Waals surface area contributed by atoms with Crippen LogP contribution in [0.3, 0.4) is 0 Å². The van der Waals surface area contributed by atoms with Gasteiger partial charge in [-0.25, -0.2) is 9.48 Å². The molecule has 0 saturated carbocycles. The number of halogens is 3. The van der Waals surface area contributed by atoms with Crippen molar-refractivity contribution in [2.75, 3.05) is 18.0 Å². The first kappa shape index (κ1) is 20.7. The SMILES string of the molecule is CCCN1CCn2nc(C(F)(F)F)c(C(=O)N[C@@H](C)c3ccc(C(=O)O)cc3)c21. The van der Waals surface area contributed by atoms with Crippen LogP contribution in [0.5, 0.6) is 0 Å². The quantitative estimate of drug-likeness (QED) is 0.763. The van der Waals surface area contributed by atoms with E-state index in [2.05, 4.69) is 10.4 Å². The average Bonchev–Trinajstić information content (AvgIpc) is 3.22. The number of aromatic nitrogens is 2. The number of carboxylic acid groups (broad SMARTS) is 1. The fraction of sp³-hybridized carbons (Fsp3) is 0.421. The molecule has 1 aromatic heterocycles. The van der Waals surface area contributed by atoms with Crippen LogP contribution < -0.4 is 10.2 Å². The monoisotopic (exact) mass is 410 g/mol. The second kappa shape index (κ2) is 7.76. The second-order valence-electron chi connectivity index (χ2n) is 6.88. The lowest BCUT2D eigenvalue weighted by Gasteiger charge is -2.20. The van der Waals surface area contributed by atoms with E-state index in [9.17, 15) is 22.8 Å². The topological polar surface area (TPSA) is 87.5 Å². The van der Waals surface area contributed by atoms with Gasteiger partial charge in [0.05, 0.1) is 18.2 Å². The zero-order valence-corrected chi connectivity index (χ0v) is 16.0. The van der Waals surface area contributed by atoms with Gasteiger partial charge in [-0.3, -0.25) is 4.79 Å². The highest BCUT2D eigenvalue weighted by Gasteiger charge is 2.44. The molecule has 3 rings (SSSR count). The number of anilines is 1. The van der Waals surface area contributed by atoms with Gasteiger partial charge in [-0.2, -0.15) is 18.3 Å². The molecule has 156 valence electrons. The summed E-state index contributed by atoms with van der Waals surface area (Å²) in [6.45, 7) is 4.84. The third-order valence-electron chi connectivity index (χ3n) is 4.80. The molecule has 0 unspecified atom stereocenters. The van der Waals surface area contributed by atoms with Crippen LogP contribution in [0.25, 0.3) is 0 Å². The Balaban J connectivity index is 1.91. The Morgan fingerprint density at radius 2 is 1.90 bits per heavy atom. The zero-order chi connectivity index (χ0) is 21.3. The molecule has 1 atom stereocenters. The maximum atomic E-state index is 13.5. The Bertz CT molecular complexity index is 922. The molecule has 0 saturated heterocycles. The minimum Gasteiger partial charge on any atom is -0.478 e. The number of carboxylic acids is 1. The molecule has 2 heterocycles. The molecule has 10 heteroatoms. The van der Waals surface area contributed by atoms with Gasteiger partial charge in [0.2, 0.25) is 0 Å². The van der Waals surface area contributed by atoms with E-state index in [0.29, 0.717) is 18.7 Å². The lowest BCUT2D eigenvalue weighted by atomic mass is 10.1. The molecule has 0 bridgehead atoms. The van der Waals surface area contributed by atoms with Crippen molar-refractivity contribution >= 4 is 17.7 Å². The van der Waals surface area contributed by atoms with Crippen LogP contribution in [0.2, 0.25) is 0 Å². The molecular formula is C19H21F3N4O3. The minimum absolute atomic E-state index is 0.0799. The summed E-state index contributed by atoms with van der Waals surface area (Å²) >= 11 is 0. The van der Waals surface area contributed by atoms with Gasteiger partial charge in [0, 0.05) is 13.1 Å². The van der Waals surface area contributed by atoms with Crippen molar-refractivity contribution in [3.05, 3.63) is 46.6 Å². The van der Waals surface area contributed by atoms with E-state index in [1.807, 2.05) is 6.92 Å². The number of amides is 1. The van der Waals surface area contributed by atoms with Crippen molar-refractivity contribution in [1.29, 1.82) is 0 Å².